The Kier molecular flexibility index (Phi) is 5.09. The van der Waals surface area contributed by atoms with Gasteiger partial charge >= 0.3 is 0 Å². The average Bonchev–Trinajstić information content (AvgIpc) is 2.71. The molecule has 30 heavy (non-hydrogen) atoms. The number of Topliss-reactive ketones (excluding diaryl/α,β-unsaturated/α-hetero) is 1. The fraction of sp³-hybridized carbons (Fsp3) is 0.0909. The number of rotatable bonds is 4. The number of anilines is 2. The van der Waals surface area contributed by atoms with E-state index < -0.39 is 22.5 Å². The molecule has 0 saturated carbocycles. The fourth-order valence-corrected chi connectivity index (χ4v) is 5.24. The van der Waals surface area contributed by atoms with Crippen molar-refractivity contribution in [2.75, 3.05) is 16.2 Å². The number of ketones is 1. The third-order valence-electron chi connectivity index (χ3n) is 4.81. The van der Waals surface area contributed by atoms with Gasteiger partial charge in [-0.3, -0.25) is 13.9 Å². The van der Waals surface area contributed by atoms with E-state index in [1.54, 1.807) is 60.7 Å². The maximum atomic E-state index is 13.3. The van der Waals surface area contributed by atoms with E-state index in [4.69, 9.17) is 11.6 Å². The third-order valence-corrected chi connectivity index (χ3v) is 6.87. The Morgan fingerprint density at radius 2 is 1.73 bits per heavy atom. The van der Waals surface area contributed by atoms with Crippen molar-refractivity contribution in [2.45, 2.75) is 11.8 Å². The lowest BCUT2D eigenvalue weighted by atomic mass is 10.0. The minimum absolute atomic E-state index is 0.117. The lowest BCUT2D eigenvalue weighted by molar-refractivity contribution is -0.114. The maximum Gasteiger partial charge on any atom is 0.265 e. The van der Waals surface area contributed by atoms with Crippen molar-refractivity contribution in [3.63, 3.8) is 0 Å². The van der Waals surface area contributed by atoms with Crippen LogP contribution < -0.4 is 9.62 Å². The fourth-order valence-electron chi connectivity index (χ4n) is 3.42. The van der Waals surface area contributed by atoms with Crippen LogP contribution in [-0.2, 0) is 14.8 Å². The highest BCUT2D eigenvalue weighted by atomic mass is 35.5. The topological polar surface area (TPSA) is 83.6 Å². The predicted molar refractivity (Wildman–Crippen MR) is 116 cm³/mol. The molecular weight excluding hydrogens is 424 g/mol. The molecule has 4 rings (SSSR count). The summed E-state index contributed by atoms with van der Waals surface area (Å²) in [7, 11) is -3.94. The average molecular weight is 441 g/mol. The highest BCUT2D eigenvalue weighted by molar-refractivity contribution is 7.93. The molecule has 0 aromatic heterocycles. The van der Waals surface area contributed by atoms with Crippen LogP contribution in [0.2, 0.25) is 5.02 Å². The number of hydrogen-bond donors (Lipinski definition) is 1. The highest BCUT2D eigenvalue weighted by Crippen LogP contribution is 2.43. The number of fused-ring (bicyclic) bond motifs is 3. The van der Waals surface area contributed by atoms with Gasteiger partial charge in [0, 0.05) is 27.4 Å². The predicted octanol–water partition coefficient (Wildman–Crippen LogP) is 4.36. The second kappa shape index (κ2) is 7.59. The summed E-state index contributed by atoms with van der Waals surface area (Å²) in [6.07, 6.45) is 0. The summed E-state index contributed by atoms with van der Waals surface area (Å²) in [5.74, 6) is -0.660. The number of carbonyl (C=O) groups excluding carboxylic acids is 2. The Morgan fingerprint density at radius 3 is 2.50 bits per heavy atom. The van der Waals surface area contributed by atoms with Gasteiger partial charge in [0.25, 0.3) is 10.0 Å². The SMILES string of the molecule is CC(=O)c1cccc(NC(=O)CN2c3ccc(Cl)cc3-c3ccccc3S2(=O)=O)c1. The molecule has 152 valence electrons. The second-order valence-electron chi connectivity index (χ2n) is 6.85. The van der Waals surface area contributed by atoms with E-state index in [2.05, 4.69) is 5.32 Å². The number of carbonyl (C=O) groups is 2. The summed E-state index contributed by atoms with van der Waals surface area (Å²) in [4.78, 5) is 24.4. The number of amides is 1. The van der Waals surface area contributed by atoms with E-state index in [-0.39, 0.29) is 10.7 Å². The summed E-state index contributed by atoms with van der Waals surface area (Å²) in [5.41, 5.74) is 2.43. The van der Waals surface area contributed by atoms with Crippen molar-refractivity contribution in [3.05, 3.63) is 77.3 Å². The van der Waals surface area contributed by atoms with Gasteiger partial charge in [-0.2, -0.15) is 0 Å². The number of halogens is 1. The zero-order chi connectivity index (χ0) is 21.5. The Balaban J connectivity index is 1.70. The maximum absolute atomic E-state index is 13.3. The van der Waals surface area contributed by atoms with E-state index in [0.717, 1.165) is 4.31 Å². The van der Waals surface area contributed by atoms with Crippen LogP contribution in [0.3, 0.4) is 0 Å². The van der Waals surface area contributed by atoms with Gasteiger partial charge in [-0.25, -0.2) is 8.42 Å². The summed E-state index contributed by atoms with van der Waals surface area (Å²) in [6, 6.07) is 18.0. The first-order valence-electron chi connectivity index (χ1n) is 9.10. The molecule has 1 aliphatic rings. The van der Waals surface area contributed by atoms with Crippen molar-refractivity contribution in [3.8, 4) is 11.1 Å². The van der Waals surface area contributed by atoms with Crippen LogP contribution in [0.5, 0.6) is 0 Å². The normalized spacial score (nSPS) is 13.9. The molecule has 3 aromatic rings. The Morgan fingerprint density at radius 1 is 0.967 bits per heavy atom. The monoisotopic (exact) mass is 440 g/mol. The van der Waals surface area contributed by atoms with Crippen molar-refractivity contribution in [1.82, 2.24) is 0 Å². The largest absolute Gasteiger partial charge is 0.324 e. The van der Waals surface area contributed by atoms with E-state index in [9.17, 15) is 18.0 Å². The number of nitrogens with zero attached hydrogens (tertiary/aromatic N) is 1. The zero-order valence-electron chi connectivity index (χ0n) is 15.9. The molecule has 3 aromatic carbocycles. The van der Waals surface area contributed by atoms with Crippen molar-refractivity contribution < 1.29 is 18.0 Å². The van der Waals surface area contributed by atoms with E-state index in [1.165, 1.54) is 13.0 Å². The van der Waals surface area contributed by atoms with Gasteiger partial charge < -0.3 is 5.32 Å². The minimum atomic E-state index is -3.94. The quantitative estimate of drug-likeness (QED) is 0.611. The first-order valence-corrected chi connectivity index (χ1v) is 10.9. The molecule has 1 N–H and O–H groups in total. The molecule has 6 nitrogen and oxygen atoms in total. The van der Waals surface area contributed by atoms with Crippen LogP contribution in [-0.4, -0.2) is 26.7 Å². The Labute approximate surface area is 179 Å². The molecule has 0 saturated heterocycles. The van der Waals surface area contributed by atoms with Gasteiger partial charge in [-0.05, 0) is 43.3 Å². The van der Waals surface area contributed by atoms with Crippen LogP contribution in [0.1, 0.15) is 17.3 Å². The summed E-state index contributed by atoms with van der Waals surface area (Å²) >= 11 is 6.14. The molecule has 1 aliphatic heterocycles. The molecular formula is C22H17ClN2O4S. The lowest BCUT2D eigenvalue weighted by Gasteiger charge is -2.31. The van der Waals surface area contributed by atoms with Gasteiger partial charge in [0.2, 0.25) is 5.91 Å². The van der Waals surface area contributed by atoms with Gasteiger partial charge in [0.15, 0.2) is 5.78 Å². The number of nitrogens with one attached hydrogen (secondary N) is 1. The molecule has 0 fully saturated rings. The van der Waals surface area contributed by atoms with E-state index in [1.807, 2.05) is 0 Å². The molecule has 0 spiro atoms. The highest BCUT2D eigenvalue weighted by Gasteiger charge is 2.35. The van der Waals surface area contributed by atoms with Crippen LogP contribution in [0, 0.1) is 0 Å². The van der Waals surface area contributed by atoms with Crippen LogP contribution in [0.4, 0.5) is 11.4 Å². The van der Waals surface area contributed by atoms with E-state index >= 15 is 0 Å². The smallest absolute Gasteiger partial charge is 0.265 e. The third kappa shape index (κ3) is 3.58. The van der Waals surface area contributed by atoms with Crippen LogP contribution in [0.25, 0.3) is 11.1 Å². The first kappa shape index (κ1) is 20.1. The van der Waals surface area contributed by atoms with Crippen LogP contribution in [0.15, 0.2) is 71.6 Å². The molecule has 0 radical (unpaired) electrons. The van der Waals surface area contributed by atoms with Gasteiger partial charge in [-0.15, -0.1) is 0 Å². The van der Waals surface area contributed by atoms with Crippen molar-refractivity contribution >= 4 is 44.7 Å². The summed E-state index contributed by atoms with van der Waals surface area (Å²) in [6.45, 7) is 1.01. The lowest BCUT2D eigenvalue weighted by Crippen LogP contribution is -2.40. The number of benzene rings is 3. The molecule has 8 heteroatoms. The molecule has 0 unspecified atom stereocenters. The minimum Gasteiger partial charge on any atom is -0.324 e. The Hall–Kier alpha value is -3.16. The Bertz CT molecular complexity index is 1290. The first-order chi connectivity index (χ1) is 14.3. The van der Waals surface area contributed by atoms with Crippen molar-refractivity contribution in [1.29, 1.82) is 0 Å². The second-order valence-corrected chi connectivity index (χ2v) is 9.12. The molecule has 0 bridgehead atoms. The number of hydrogen-bond acceptors (Lipinski definition) is 4. The van der Waals surface area contributed by atoms with Gasteiger partial charge in [0.1, 0.15) is 6.54 Å². The summed E-state index contributed by atoms with van der Waals surface area (Å²) in [5, 5.41) is 3.13. The zero-order valence-corrected chi connectivity index (χ0v) is 17.5. The molecule has 1 amide bonds. The standard InChI is InChI=1S/C22H17ClN2O4S/c1-14(26)15-5-4-6-17(11-15)24-22(27)13-25-20-10-9-16(23)12-19(20)18-7-2-3-8-21(18)30(25,28)29/h2-12H,13H2,1H3,(H,24,27). The summed E-state index contributed by atoms with van der Waals surface area (Å²) < 4.78 is 27.6. The van der Waals surface area contributed by atoms with Crippen molar-refractivity contribution in [2.24, 2.45) is 0 Å². The van der Waals surface area contributed by atoms with Gasteiger partial charge in [0.05, 0.1) is 10.6 Å². The van der Waals surface area contributed by atoms with Crippen LogP contribution >= 0.6 is 11.6 Å². The molecule has 0 aliphatic carbocycles. The molecule has 1 heterocycles. The molecule has 0 atom stereocenters. The van der Waals surface area contributed by atoms with Gasteiger partial charge in [-0.1, -0.05) is 41.9 Å². The van der Waals surface area contributed by atoms with E-state index in [0.29, 0.717) is 33.1 Å². The number of sulfonamides is 1.